The average molecular weight is 264 g/mol. The average Bonchev–Trinajstić information content (AvgIpc) is 2.34. The first-order chi connectivity index (χ1) is 8.50. The van der Waals surface area contributed by atoms with Gasteiger partial charge in [0.1, 0.15) is 0 Å². The molecule has 0 aliphatic rings. The van der Waals surface area contributed by atoms with Crippen LogP contribution in [0.4, 0.5) is 0 Å². The van der Waals surface area contributed by atoms with Gasteiger partial charge in [0, 0.05) is 25.6 Å². The van der Waals surface area contributed by atoms with Crippen molar-refractivity contribution in [2.75, 3.05) is 13.1 Å². The molecule has 0 amide bonds. The quantitative estimate of drug-likeness (QED) is 0.766. The lowest BCUT2D eigenvalue weighted by molar-refractivity contribution is 0.193. The lowest BCUT2D eigenvalue weighted by Gasteiger charge is -2.31. The maximum Gasteiger partial charge on any atom is 0.0740 e. The van der Waals surface area contributed by atoms with E-state index in [0.717, 1.165) is 19.5 Å². The summed E-state index contributed by atoms with van der Waals surface area (Å²) in [6.07, 6.45) is 0.791. The highest BCUT2D eigenvalue weighted by Gasteiger charge is 2.16. The van der Waals surface area contributed by atoms with Crippen molar-refractivity contribution in [3.63, 3.8) is 0 Å². The molecule has 0 aliphatic carbocycles. The molecule has 0 bridgehead atoms. The zero-order valence-electron chi connectivity index (χ0n) is 11.6. The predicted octanol–water partition coefficient (Wildman–Crippen LogP) is 3.38. The van der Waals surface area contributed by atoms with E-state index >= 15 is 0 Å². The molecule has 0 saturated heterocycles. The van der Waals surface area contributed by atoms with Gasteiger partial charge in [-0.2, -0.15) is 0 Å². The van der Waals surface area contributed by atoms with E-state index in [2.05, 4.69) is 56.0 Å². The summed E-state index contributed by atoms with van der Waals surface area (Å²) < 4.78 is 0. The zero-order valence-corrected chi connectivity index (χ0v) is 12.4. The second-order valence-corrected chi connectivity index (χ2v) is 5.72. The Balaban J connectivity index is 2.72. The minimum absolute atomic E-state index is 0.406. The molecule has 1 rings (SSSR count). The van der Waals surface area contributed by atoms with Crippen molar-refractivity contribution in [2.45, 2.75) is 33.2 Å². The van der Waals surface area contributed by atoms with E-state index in [9.17, 15) is 0 Å². The Morgan fingerprint density at radius 3 is 2.33 bits per heavy atom. The summed E-state index contributed by atoms with van der Waals surface area (Å²) in [7, 11) is 0. The standard InChI is InChI=1S/C15H24N2S/c1-12(2)11-17(10-9-15(16)18)13(3)14-7-5-4-6-8-14/h4-8,12-13H,9-11H2,1-3H3,(H2,16,18). The highest BCUT2D eigenvalue weighted by molar-refractivity contribution is 7.80. The van der Waals surface area contributed by atoms with Gasteiger partial charge < -0.3 is 5.73 Å². The lowest BCUT2D eigenvalue weighted by Crippen LogP contribution is -2.33. The van der Waals surface area contributed by atoms with Crippen molar-refractivity contribution in [2.24, 2.45) is 11.7 Å². The number of hydrogen-bond donors (Lipinski definition) is 1. The molecule has 0 saturated carbocycles. The van der Waals surface area contributed by atoms with E-state index in [1.165, 1.54) is 5.56 Å². The Labute approximate surface area is 116 Å². The summed E-state index contributed by atoms with van der Waals surface area (Å²) in [5.74, 6) is 0.641. The summed E-state index contributed by atoms with van der Waals surface area (Å²) in [6, 6.07) is 11.0. The molecular weight excluding hydrogens is 240 g/mol. The molecule has 3 heteroatoms. The molecule has 0 radical (unpaired) electrons. The molecule has 1 atom stereocenters. The van der Waals surface area contributed by atoms with E-state index in [1.54, 1.807) is 0 Å². The molecule has 1 aromatic rings. The Bertz CT molecular complexity index is 362. The van der Waals surface area contributed by atoms with Gasteiger partial charge in [-0.15, -0.1) is 0 Å². The zero-order chi connectivity index (χ0) is 13.5. The molecule has 2 nitrogen and oxygen atoms in total. The summed E-state index contributed by atoms with van der Waals surface area (Å²) in [5, 5.41) is 0. The van der Waals surface area contributed by atoms with Gasteiger partial charge >= 0.3 is 0 Å². The van der Waals surface area contributed by atoms with Crippen LogP contribution in [0.25, 0.3) is 0 Å². The fourth-order valence-corrected chi connectivity index (χ4v) is 2.20. The van der Waals surface area contributed by atoms with Gasteiger partial charge in [-0.3, -0.25) is 4.90 Å². The van der Waals surface area contributed by atoms with Gasteiger partial charge in [-0.1, -0.05) is 56.4 Å². The summed E-state index contributed by atoms with van der Waals surface area (Å²) in [6.45, 7) is 8.73. The molecule has 18 heavy (non-hydrogen) atoms. The van der Waals surface area contributed by atoms with Crippen LogP contribution in [0.2, 0.25) is 0 Å². The molecule has 0 heterocycles. The van der Waals surface area contributed by atoms with E-state index in [-0.39, 0.29) is 0 Å². The van der Waals surface area contributed by atoms with Gasteiger partial charge in [0.15, 0.2) is 0 Å². The molecule has 0 spiro atoms. The van der Waals surface area contributed by atoms with Gasteiger partial charge in [-0.25, -0.2) is 0 Å². The van der Waals surface area contributed by atoms with Crippen molar-refractivity contribution in [1.82, 2.24) is 4.90 Å². The second-order valence-electron chi connectivity index (χ2n) is 5.19. The summed E-state index contributed by atoms with van der Waals surface area (Å²) in [4.78, 5) is 3.06. The molecule has 100 valence electrons. The minimum Gasteiger partial charge on any atom is -0.393 e. The van der Waals surface area contributed by atoms with Crippen LogP contribution in [-0.4, -0.2) is 23.0 Å². The largest absolute Gasteiger partial charge is 0.393 e. The van der Waals surface area contributed by atoms with E-state index in [4.69, 9.17) is 18.0 Å². The SMILES string of the molecule is CC(C)CN(CCC(N)=S)C(C)c1ccccc1. The van der Waals surface area contributed by atoms with E-state index in [1.807, 2.05) is 0 Å². The fourth-order valence-electron chi connectivity index (χ4n) is 2.11. The molecule has 0 fully saturated rings. The third-order valence-corrected chi connectivity index (χ3v) is 3.28. The molecule has 1 aromatic carbocycles. The van der Waals surface area contributed by atoms with Crippen molar-refractivity contribution >= 4 is 17.2 Å². The Morgan fingerprint density at radius 2 is 1.83 bits per heavy atom. The molecule has 2 N–H and O–H groups in total. The first-order valence-electron chi connectivity index (χ1n) is 6.58. The van der Waals surface area contributed by atoms with Crippen molar-refractivity contribution < 1.29 is 0 Å². The predicted molar refractivity (Wildman–Crippen MR) is 82.7 cm³/mol. The van der Waals surface area contributed by atoms with Crippen LogP contribution >= 0.6 is 12.2 Å². The minimum atomic E-state index is 0.406. The first-order valence-corrected chi connectivity index (χ1v) is 6.98. The fraction of sp³-hybridized carbons (Fsp3) is 0.533. The van der Waals surface area contributed by atoms with Crippen LogP contribution < -0.4 is 5.73 Å². The molecular formula is C15H24N2S. The maximum absolute atomic E-state index is 5.62. The third-order valence-electron chi connectivity index (χ3n) is 3.07. The van der Waals surface area contributed by atoms with Crippen LogP contribution in [0.5, 0.6) is 0 Å². The van der Waals surface area contributed by atoms with Crippen LogP contribution in [0.3, 0.4) is 0 Å². The highest BCUT2D eigenvalue weighted by Crippen LogP contribution is 2.21. The lowest BCUT2D eigenvalue weighted by atomic mass is 10.0. The van der Waals surface area contributed by atoms with E-state index < -0.39 is 0 Å². The van der Waals surface area contributed by atoms with Gasteiger partial charge in [0.2, 0.25) is 0 Å². The van der Waals surface area contributed by atoms with Crippen LogP contribution in [0, 0.1) is 5.92 Å². The normalized spacial score (nSPS) is 12.9. The van der Waals surface area contributed by atoms with Crippen molar-refractivity contribution in [3.8, 4) is 0 Å². The van der Waals surface area contributed by atoms with Crippen LogP contribution in [-0.2, 0) is 0 Å². The molecule has 1 unspecified atom stereocenters. The highest BCUT2D eigenvalue weighted by atomic mass is 32.1. The topological polar surface area (TPSA) is 29.3 Å². The second kappa shape index (κ2) is 7.49. The third kappa shape index (κ3) is 5.15. The smallest absolute Gasteiger partial charge is 0.0740 e. The monoisotopic (exact) mass is 264 g/mol. The number of hydrogen-bond acceptors (Lipinski definition) is 2. The number of thiocarbonyl (C=S) groups is 1. The van der Waals surface area contributed by atoms with Crippen molar-refractivity contribution in [1.29, 1.82) is 0 Å². The molecule has 0 aliphatic heterocycles. The van der Waals surface area contributed by atoms with Gasteiger partial charge in [0.05, 0.1) is 4.99 Å². The van der Waals surface area contributed by atoms with Gasteiger partial charge in [-0.05, 0) is 18.4 Å². The number of nitrogens with zero attached hydrogens (tertiary/aromatic N) is 1. The number of nitrogens with two attached hydrogens (primary N) is 1. The van der Waals surface area contributed by atoms with Crippen LogP contribution in [0.1, 0.15) is 38.8 Å². The van der Waals surface area contributed by atoms with E-state index in [0.29, 0.717) is 16.9 Å². The first kappa shape index (κ1) is 15.1. The Hall–Kier alpha value is -0.930. The van der Waals surface area contributed by atoms with Gasteiger partial charge in [0.25, 0.3) is 0 Å². The Morgan fingerprint density at radius 1 is 1.22 bits per heavy atom. The number of benzene rings is 1. The Kier molecular flexibility index (Phi) is 6.30. The summed E-state index contributed by atoms with van der Waals surface area (Å²) >= 11 is 4.98. The number of rotatable bonds is 7. The van der Waals surface area contributed by atoms with Crippen molar-refractivity contribution in [3.05, 3.63) is 35.9 Å². The summed E-state index contributed by atoms with van der Waals surface area (Å²) in [5.41, 5.74) is 6.96. The maximum atomic E-state index is 5.62. The van der Waals surface area contributed by atoms with Crippen LogP contribution in [0.15, 0.2) is 30.3 Å². The molecule has 0 aromatic heterocycles.